The molecule has 1 fully saturated rings. The average Bonchev–Trinajstić information content (AvgIpc) is 3.31. The van der Waals surface area contributed by atoms with Gasteiger partial charge >= 0.3 is 6.03 Å². The van der Waals surface area contributed by atoms with E-state index in [1.165, 1.54) is 6.92 Å². The van der Waals surface area contributed by atoms with Crippen molar-refractivity contribution >= 4 is 34.7 Å². The molecule has 136 valence electrons. The summed E-state index contributed by atoms with van der Waals surface area (Å²) in [6.45, 7) is 2.49. The quantitative estimate of drug-likeness (QED) is 0.792. The lowest BCUT2D eigenvalue weighted by atomic mass is 10.1. The third-order valence-corrected chi connectivity index (χ3v) is 5.23. The zero-order valence-electron chi connectivity index (χ0n) is 14.5. The number of nitrogens with one attached hydrogen (secondary N) is 2. The molecule has 0 radical (unpaired) electrons. The van der Waals surface area contributed by atoms with Crippen LogP contribution < -0.4 is 10.6 Å². The Labute approximate surface area is 156 Å². The van der Waals surface area contributed by atoms with Crippen molar-refractivity contribution in [2.45, 2.75) is 32.4 Å². The zero-order valence-corrected chi connectivity index (χ0v) is 15.3. The van der Waals surface area contributed by atoms with Gasteiger partial charge in [0.2, 0.25) is 5.91 Å². The smallest absolute Gasteiger partial charge is 0.322 e. The van der Waals surface area contributed by atoms with Crippen LogP contribution in [0.25, 0.3) is 0 Å². The molecule has 1 aliphatic heterocycles. The van der Waals surface area contributed by atoms with E-state index in [1.807, 2.05) is 17.5 Å². The molecule has 1 saturated heterocycles. The van der Waals surface area contributed by atoms with Gasteiger partial charge in [-0.1, -0.05) is 18.2 Å². The normalized spacial score (nSPS) is 16.3. The fourth-order valence-corrected chi connectivity index (χ4v) is 3.64. The SMILES string of the molecule is CC(=O)c1cccc(NC(=O)N2CCCC2C(=O)NCc2cccs2)c1. The van der Waals surface area contributed by atoms with Gasteiger partial charge in [0, 0.05) is 22.7 Å². The van der Waals surface area contributed by atoms with Gasteiger partial charge in [-0.2, -0.15) is 0 Å². The van der Waals surface area contributed by atoms with Gasteiger partial charge in [0.25, 0.3) is 0 Å². The molecular weight excluding hydrogens is 350 g/mol. The van der Waals surface area contributed by atoms with Gasteiger partial charge in [0.15, 0.2) is 5.78 Å². The first kappa shape index (κ1) is 18.1. The number of benzene rings is 1. The summed E-state index contributed by atoms with van der Waals surface area (Å²) in [7, 11) is 0. The summed E-state index contributed by atoms with van der Waals surface area (Å²) in [6, 6.07) is 9.92. The number of nitrogens with zero attached hydrogens (tertiary/aromatic N) is 1. The Balaban J connectivity index is 1.61. The Morgan fingerprint density at radius 2 is 2.08 bits per heavy atom. The molecule has 1 aliphatic rings. The van der Waals surface area contributed by atoms with Gasteiger partial charge < -0.3 is 15.5 Å². The lowest BCUT2D eigenvalue weighted by molar-refractivity contribution is -0.124. The summed E-state index contributed by atoms with van der Waals surface area (Å²) in [4.78, 5) is 39.2. The number of anilines is 1. The third-order valence-electron chi connectivity index (χ3n) is 4.35. The number of hydrogen-bond acceptors (Lipinski definition) is 4. The molecule has 26 heavy (non-hydrogen) atoms. The van der Waals surface area contributed by atoms with Crippen LogP contribution in [0.1, 0.15) is 35.0 Å². The van der Waals surface area contributed by atoms with Gasteiger partial charge in [-0.25, -0.2) is 4.79 Å². The van der Waals surface area contributed by atoms with Crippen LogP contribution >= 0.6 is 11.3 Å². The molecule has 1 unspecified atom stereocenters. The molecule has 2 N–H and O–H groups in total. The first-order chi connectivity index (χ1) is 12.5. The highest BCUT2D eigenvalue weighted by Crippen LogP contribution is 2.20. The molecule has 3 rings (SSSR count). The predicted molar refractivity (Wildman–Crippen MR) is 101 cm³/mol. The zero-order chi connectivity index (χ0) is 18.5. The molecular formula is C19H21N3O3S. The number of urea groups is 1. The molecule has 2 aromatic rings. The van der Waals surface area contributed by atoms with Crippen molar-refractivity contribution in [1.82, 2.24) is 10.2 Å². The molecule has 6 nitrogen and oxygen atoms in total. The van der Waals surface area contributed by atoms with E-state index in [-0.39, 0.29) is 17.7 Å². The second kappa shape index (κ2) is 8.14. The summed E-state index contributed by atoms with van der Waals surface area (Å²) in [6.07, 6.45) is 1.44. The molecule has 0 saturated carbocycles. The van der Waals surface area contributed by atoms with Crippen molar-refractivity contribution in [1.29, 1.82) is 0 Å². The molecule has 2 heterocycles. The van der Waals surface area contributed by atoms with E-state index in [4.69, 9.17) is 0 Å². The van der Waals surface area contributed by atoms with E-state index < -0.39 is 6.04 Å². The van der Waals surface area contributed by atoms with Crippen LogP contribution in [0.3, 0.4) is 0 Å². The maximum Gasteiger partial charge on any atom is 0.322 e. The topological polar surface area (TPSA) is 78.5 Å². The predicted octanol–water partition coefficient (Wildman–Crippen LogP) is 3.26. The molecule has 0 aliphatic carbocycles. The number of hydrogen-bond donors (Lipinski definition) is 2. The minimum absolute atomic E-state index is 0.0619. The largest absolute Gasteiger partial charge is 0.349 e. The van der Waals surface area contributed by atoms with E-state index in [0.717, 1.165) is 11.3 Å². The number of carbonyl (C=O) groups excluding carboxylic acids is 3. The van der Waals surface area contributed by atoms with Gasteiger partial charge in [0.05, 0.1) is 6.54 Å². The summed E-state index contributed by atoms with van der Waals surface area (Å²) >= 11 is 1.58. The molecule has 3 amide bonds. The van der Waals surface area contributed by atoms with E-state index in [1.54, 1.807) is 40.5 Å². The number of rotatable bonds is 5. The van der Waals surface area contributed by atoms with Crippen LogP contribution in [-0.4, -0.2) is 35.2 Å². The van der Waals surface area contributed by atoms with Crippen molar-refractivity contribution in [2.24, 2.45) is 0 Å². The van der Waals surface area contributed by atoms with Crippen LogP contribution in [0.4, 0.5) is 10.5 Å². The van der Waals surface area contributed by atoms with Crippen molar-refractivity contribution in [3.63, 3.8) is 0 Å². The lowest BCUT2D eigenvalue weighted by Gasteiger charge is -2.24. The minimum atomic E-state index is -0.467. The number of Topliss-reactive ketones (excluding diaryl/α,β-unsaturated/α-hetero) is 1. The van der Waals surface area contributed by atoms with Crippen LogP contribution in [-0.2, 0) is 11.3 Å². The van der Waals surface area contributed by atoms with Gasteiger partial charge in [0.1, 0.15) is 6.04 Å². The summed E-state index contributed by atoms with van der Waals surface area (Å²) in [5, 5.41) is 7.66. The standard InChI is InChI=1S/C19H21N3O3S/c1-13(23)14-5-2-6-15(11-14)21-19(25)22-9-3-8-17(22)18(24)20-12-16-7-4-10-26-16/h2,4-7,10-11,17H,3,8-9,12H2,1H3,(H,20,24)(H,21,25). The number of likely N-dealkylation sites (tertiary alicyclic amines) is 1. The maximum atomic E-state index is 12.6. The number of amides is 3. The van der Waals surface area contributed by atoms with Gasteiger partial charge in [-0.15, -0.1) is 11.3 Å². The van der Waals surface area contributed by atoms with Crippen molar-refractivity contribution in [3.8, 4) is 0 Å². The fraction of sp³-hybridized carbons (Fsp3) is 0.316. The highest BCUT2D eigenvalue weighted by atomic mass is 32.1. The van der Waals surface area contributed by atoms with E-state index in [2.05, 4.69) is 10.6 Å². The second-order valence-corrected chi connectivity index (χ2v) is 7.25. The van der Waals surface area contributed by atoms with Crippen LogP contribution in [0, 0.1) is 0 Å². The number of carbonyl (C=O) groups is 3. The van der Waals surface area contributed by atoms with Crippen LogP contribution in [0.15, 0.2) is 41.8 Å². The monoisotopic (exact) mass is 371 g/mol. The van der Waals surface area contributed by atoms with Crippen molar-refractivity contribution < 1.29 is 14.4 Å². The van der Waals surface area contributed by atoms with Gasteiger partial charge in [-0.3, -0.25) is 9.59 Å². The first-order valence-electron chi connectivity index (χ1n) is 8.53. The van der Waals surface area contributed by atoms with Gasteiger partial charge in [-0.05, 0) is 43.3 Å². The Morgan fingerprint density at radius 3 is 2.81 bits per heavy atom. The second-order valence-electron chi connectivity index (χ2n) is 6.22. The Kier molecular flexibility index (Phi) is 5.68. The number of thiophene rings is 1. The summed E-state index contributed by atoms with van der Waals surface area (Å²) < 4.78 is 0. The summed E-state index contributed by atoms with van der Waals surface area (Å²) in [5.41, 5.74) is 1.09. The molecule has 1 aromatic carbocycles. The molecule has 1 atom stereocenters. The molecule has 1 aromatic heterocycles. The average molecular weight is 371 g/mol. The molecule has 0 bridgehead atoms. The third kappa shape index (κ3) is 4.29. The van der Waals surface area contributed by atoms with Crippen molar-refractivity contribution in [2.75, 3.05) is 11.9 Å². The van der Waals surface area contributed by atoms with Crippen molar-refractivity contribution in [3.05, 3.63) is 52.2 Å². The Hall–Kier alpha value is -2.67. The molecule has 0 spiro atoms. The highest BCUT2D eigenvalue weighted by Gasteiger charge is 2.34. The lowest BCUT2D eigenvalue weighted by Crippen LogP contribution is -2.47. The van der Waals surface area contributed by atoms with E-state index in [9.17, 15) is 14.4 Å². The number of ketones is 1. The Morgan fingerprint density at radius 1 is 1.23 bits per heavy atom. The summed E-state index contributed by atoms with van der Waals surface area (Å²) in [5.74, 6) is -0.198. The van der Waals surface area contributed by atoms with Crippen LogP contribution in [0.2, 0.25) is 0 Å². The fourth-order valence-electron chi connectivity index (χ4n) is 3.00. The van der Waals surface area contributed by atoms with E-state index >= 15 is 0 Å². The Bertz CT molecular complexity index is 804. The van der Waals surface area contributed by atoms with E-state index in [0.29, 0.717) is 30.8 Å². The maximum absolute atomic E-state index is 12.6. The highest BCUT2D eigenvalue weighted by molar-refractivity contribution is 7.09. The first-order valence-corrected chi connectivity index (χ1v) is 9.41. The van der Waals surface area contributed by atoms with Crippen LogP contribution in [0.5, 0.6) is 0 Å². The minimum Gasteiger partial charge on any atom is -0.349 e. The molecule has 7 heteroatoms.